The lowest BCUT2D eigenvalue weighted by molar-refractivity contribution is -0.127. The quantitative estimate of drug-likeness (QED) is 0.744. The lowest BCUT2D eigenvalue weighted by Crippen LogP contribution is -2.48. The monoisotopic (exact) mass is 329 g/mol. The molecule has 0 aromatic heterocycles. The molecule has 1 aliphatic rings. The molecule has 0 spiro atoms. The number of nitrogens with zero attached hydrogens (tertiary/aromatic N) is 3. The van der Waals surface area contributed by atoms with Crippen molar-refractivity contribution < 1.29 is 14.3 Å². The molecule has 0 saturated carbocycles. The topological polar surface area (TPSA) is 65.8 Å². The first-order valence-electron chi connectivity index (χ1n) is 8.05. The number of hydrogen-bond acceptors (Lipinski definition) is 5. The molecule has 1 aliphatic heterocycles. The maximum atomic E-state index is 12.3. The fourth-order valence-electron chi connectivity index (χ4n) is 2.57. The van der Waals surface area contributed by atoms with Crippen LogP contribution in [0.5, 0.6) is 11.5 Å². The minimum absolute atomic E-state index is 0.0227. The van der Waals surface area contributed by atoms with Crippen molar-refractivity contribution in [2.45, 2.75) is 6.92 Å². The third-order valence-corrected chi connectivity index (χ3v) is 4.03. The zero-order chi connectivity index (χ0) is 17.4. The Morgan fingerprint density at radius 1 is 1.29 bits per heavy atom. The molecule has 0 bridgehead atoms. The third kappa shape index (κ3) is 4.74. The summed E-state index contributed by atoms with van der Waals surface area (Å²) in [5.41, 5.74) is 0.844. The molecular weight excluding hydrogens is 306 g/mol. The Morgan fingerprint density at radius 2 is 2.04 bits per heavy atom. The Hall–Kier alpha value is -2.52. The Bertz CT molecular complexity index is 629. The van der Waals surface area contributed by atoms with E-state index in [2.05, 4.69) is 11.8 Å². The molecule has 0 unspecified atom stereocenters. The number of benzene rings is 1. The van der Waals surface area contributed by atoms with Gasteiger partial charge in [-0.2, -0.15) is 5.26 Å². The Kier molecular flexibility index (Phi) is 6.64. The highest BCUT2D eigenvalue weighted by Crippen LogP contribution is 2.28. The van der Waals surface area contributed by atoms with E-state index in [4.69, 9.17) is 14.7 Å². The summed E-state index contributed by atoms with van der Waals surface area (Å²) < 4.78 is 10.5. The highest BCUT2D eigenvalue weighted by Gasteiger charge is 2.18. The predicted molar refractivity (Wildman–Crippen MR) is 91.8 cm³/mol. The number of hydrogen-bond donors (Lipinski definition) is 0. The smallest absolute Gasteiger partial charge is 0.246 e. The van der Waals surface area contributed by atoms with E-state index in [0.717, 1.165) is 38.3 Å². The number of rotatable bonds is 6. The van der Waals surface area contributed by atoms with Crippen LogP contribution in [0, 0.1) is 11.3 Å². The van der Waals surface area contributed by atoms with Crippen LogP contribution < -0.4 is 9.47 Å². The number of likely N-dealkylation sites (N-methyl/N-ethyl adjacent to an activating group) is 1. The van der Waals surface area contributed by atoms with Crippen LogP contribution in [0.2, 0.25) is 0 Å². The summed E-state index contributed by atoms with van der Waals surface area (Å²) in [6.45, 7) is 6.51. The molecule has 1 saturated heterocycles. The first-order valence-corrected chi connectivity index (χ1v) is 8.05. The van der Waals surface area contributed by atoms with Crippen LogP contribution in [0.15, 0.2) is 24.3 Å². The SMILES string of the molecule is CCN1CCN(C(=O)C=Cc2ccc(OCC#N)c(OC)c2)CC1. The summed E-state index contributed by atoms with van der Waals surface area (Å²) >= 11 is 0. The van der Waals surface area contributed by atoms with Crippen LogP contribution in [0.4, 0.5) is 0 Å². The van der Waals surface area contributed by atoms with Crippen molar-refractivity contribution in [2.75, 3.05) is 46.4 Å². The number of amides is 1. The van der Waals surface area contributed by atoms with Gasteiger partial charge in [0.2, 0.25) is 5.91 Å². The zero-order valence-electron chi connectivity index (χ0n) is 14.2. The maximum absolute atomic E-state index is 12.3. The molecule has 1 heterocycles. The fraction of sp³-hybridized carbons (Fsp3) is 0.444. The van der Waals surface area contributed by atoms with Crippen LogP contribution in [-0.2, 0) is 4.79 Å². The summed E-state index contributed by atoms with van der Waals surface area (Å²) in [5, 5.41) is 8.57. The van der Waals surface area contributed by atoms with E-state index >= 15 is 0 Å². The number of nitriles is 1. The number of methoxy groups -OCH3 is 1. The van der Waals surface area contributed by atoms with Gasteiger partial charge in [-0.05, 0) is 30.3 Å². The Labute approximate surface area is 142 Å². The van der Waals surface area contributed by atoms with E-state index in [1.54, 1.807) is 31.4 Å². The fourth-order valence-corrected chi connectivity index (χ4v) is 2.57. The Balaban J connectivity index is 1.98. The largest absolute Gasteiger partial charge is 0.493 e. The van der Waals surface area contributed by atoms with Gasteiger partial charge < -0.3 is 19.3 Å². The summed E-state index contributed by atoms with van der Waals surface area (Å²) in [4.78, 5) is 16.5. The van der Waals surface area contributed by atoms with Gasteiger partial charge in [-0.15, -0.1) is 0 Å². The number of ether oxygens (including phenoxy) is 2. The second-order valence-corrected chi connectivity index (χ2v) is 5.45. The van der Waals surface area contributed by atoms with Gasteiger partial charge >= 0.3 is 0 Å². The highest BCUT2D eigenvalue weighted by atomic mass is 16.5. The van der Waals surface area contributed by atoms with E-state index in [1.807, 2.05) is 17.0 Å². The van der Waals surface area contributed by atoms with E-state index in [-0.39, 0.29) is 12.5 Å². The van der Waals surface area contributed by atoms with E-state index < -0.39 is 0 Å². The molecule has 1 fully saturated rings. The molecule has 0 radical (unpaired) electrons. The van der Waals surface area contributed by atoms with Gasteiger partial charge in [0, 0.05) is 32.3 Å². The summed E-state index contributed by atoms with van der Waals surface area (Å²) in [7, 11) is 1.54. The normalized spacial score (nSPS) is 15.3. The molecule has 128 valence electrons. The minimum atomic E-state index is -0.0340. The van der Waals surface area contributed by atoms with Crippen LogP contribution in [0.1, 0.15) is 12.5 Å². The van der Waals surface area contributed by atoms with Gasteiger partial charge in [0.25, 0.3) is 0 Å². The lowest BCUT2D eigenvalue weighted by atomic mass is 10.2. The zero-order valence-corrected chi connectivity index (χ0v) is 14.2. The molecule has 2 rings (SSSR count). The van der Waals surface area contributed by atoms with E-state index in [1.165, 1.54) is 0 Å². The number of carbonyl (C=O) groups is 1. The summed E-state index contributed by atoms with van der Waals surface area (Å²) in [6.07, 6.45) is 3.36. The lowest BCUT2D eigenvalue weighted by Gasteiger charge is -2.33. The molecule has 24 heavy (non-hydrogen) atoms. The molecule has 1 aromatic rings. The molecular formula is C18H23N3O3. The molecule has 0 atom stereocenters. The van der Waals surface area contributed by atoms with Crippen LogP contribution in [0.25, 0.3) is 6.08 Å². The Morgan fingerprint density at radius 3 is 2.67 bits per heavy atom. The van der Waals surface area contributed by atoms with Gasteiger partial charge in [0.15, 0.2) is 18.1 Å². The van der Waals surface area contributed by atoms with Crippen molar-refractivity contribution in [3.63, 3.8) is 0 Å². The van der Waals surface area contributed by atoms with Crippen molar-refractivity contribution in [3.05, 3.63) is 29.8 Å². The summed E-state index contributed by atoms with van der Waals surface area (Å²) in [5.74, 6) is 1.07. The van der Waals surface area contributed by atoms with Gasteiger partial charge in [-0.3, -0.25) is 4.79 Å². The third-order valence-electron chi connectivity index (χ3n) is 4.03. The van der Waals surface area contributed by atoms with E-state index in [9.17, 15) is 4.79 Å². The predicted octanol–water partition coefficient (Wildman–Crippen LogP) is 1.77. The molecule has 6 heteroatoms. The average Bonchev–Trinajstić information content (AvgIpc) is 2.64. The minimum Gasteiger partial charge on any atom is -0.493 e. The second kappa shape index (κ2) is 8.94. The van der Waals surface area contributed by atoms with Crippen molar-refractivity contribution in [2.24, 2.45) is 0 Å². The van der Waals surface area contributed by atoms with Crippen molar-refractivity contribution in [3.8, 4) is 17.6 Å². The van der Waals surface area contributed by atoms with Crippen LogP contribution in [-0.4, -0.2) is 62.1 Å². The maximum Gasteiger partial charge on any atom is 0.246 e. The van der Waals surface area contributed by atoms with Crippen LogP contribution >= 0.6 is 0 Å². The van der Waals surface area contributed by atoms with Crippen LogP contribution in [0.3, 0.4) is 0 Å². The number of carbonyl (C=O) groups excluding carboxylic acids is 1. The van der Waals surface area contributed by atoms with E-state index in [0.29, 0.717) is 11.5 Å². The van der Waals surface area contributed by atoms with Gasteiger partial charge in [0.1, 0.15) is 6.07 Å². The molecule has 1 aromatic carbocycles. The first kappa shape index (κ1) is 17.8. The van der Waals surface area contributed by atoms with Crippen molar-refractivity contribution >= 4 is 12.0 Å². The summed E-state index contributed by atoms with van der Waals surface area (Å²) in [6, 6.07) is 7.27. The van der Waals surface area contributed by atoms with Crippen molar-refractivity contribution in [1.29, 1.82) is 5.26 Å². The first-order chi connectivity index (χ1) is 11.7. The van der Waals surface area contributed by atoms with Gasteiger partial charge in [0.05, 0.1) is 7.11 Å². The number of piperazine rings is 1. The molecule has 6 nitrogen and oxygen atoms in total. The molecule has 0 aliphatic carbocycles. The van der Waals surface area contributed by atoms with Crippen molar-refractivity contribution in [1.82, 2.24) is 9.80 Å². The molecule has 0 N–H and O–H groups in total. The standard InChI is InChI=1S/C18H23N3O3/c1-3-20-9-11-21(12-10-20)18(22)7-5-15-4-6-16(24-13-8-19)17(14-15)23-2/h4-7,14H,3,9-13H2,1-2H3. The van der Waals surface area contributed by atoms with Gasteiger partial charge in [-0.25, -0.2) is 0 Å². The highest BCUT2D eigenvalue weighted by molar-refractivity contribution is 5.92. The average molecular weight is 329 g/mol. The second-order valence-electron chi connectivity index (χ2n) is 5.45. The molecule has 1 amide bonds. The van der Waals surface area contributed by atoms with Gasteiger partial charge in [-0.1, -0.05) is 13.0 Å².